The van der Waals surface area contributed by atoms with Gasteiger partial charge in [0.05, 0.1) is 6.07 Å². The summed E-state index contributed by atoms with van der Waals surface area (Å²) in [6.07, 6.45) is -0.00824. The first kappa shape index (κ1) is 8.68. The molecule has 0 saturated heterocycles. The number of fused-ring (bicyclic) bond motifs is 3. The molecule has 0 amide bonds. The van der Waals surface area contributed by atoms with Gasteiger partial charge in [-0.25, -0.2) is 0 Å². The quantitative estimate of drug-likeness (QED) is 0.656. The molecule has 1 aromatic heterocycles. The van der Waals surface area contributed by atoms with Gasteiger partial charge < -0.3 is 9.47 Å². The molecule has 0 bridgehead atoms. The van der Waals surface area contributed by atoms with Gasteiger partial charge >= 0.3 is 12.1 Å². The molecule has 0 saturated carbocycles. The Kier molecular flexibility index (Phi) is 1.86. The second kappa shape index (κ2) is 3.21. The highest BCUT2D eigenvalue weighted by Gasteiger charge is 2.33. The van der Waals surface area contributed by atoms with Gasteiger partial charge in [0.25, 0.3) is 0 Å². The van der Waals surface area contributed by atoms with Crippen molar-refractivity contribution in [3.63, 3.8) is 0 Å². The number of pyridine rings is 1. The molecule has 1 atom stereocenters. The van der Waals surface area contributed by atoms with Crippen molar-refractivity contribution < 1.29 is 14.0 Å². The van der Waals surface area contributed by atoms with Crippen LogP contribution in [0.4, 0.5) is 0 Å². The molecule has 76 valence electrons. The van der Waals surface area contributed by atoms with Crippen molar-refractivity contribution in [3.05, 3.63) is 36.4 Å². The van der Waals surface area contributed by atoms with Gasteiger partial charge in [0.15, 0.2) is 6.61 Å². The molecule has 3 nitrogen and oxygen atoms in total. The van der Waals surface area contributed by atoms with E-state index in [1.54, 1.807) is 7.11 Å². The zero-order valence-corrected chi connectivity index (χ0v) is 8.51. The van der Waals surface area contributed by atoms with E-state index in [-0.39, 0.29) is 6.23 Å². The highest BCUT2D eigenvalue weighted by atomic mass is 16.6. The van der Waals surface area contributed by atoms with Gasteiger partial charge in [-0.1, -0.05) is 12.1 Å². The summed E-state index contributed by atoms with van der Waals surface area (Å²) in [5.74, 6) is 0.876. The maximum Gasteiger partial charge on any atom is 0.371 e. The number of aromatic nitrogens is 1. The highest BCUT2D eigenvalue weighted by Crippen LogP contribution is 2.22. The minimum absolute atomic E-state index is 0.00824. The van der Waals surface area contributed by atoms with Gasteiger partial charge in [-0.2, -0.15) is 0 Å². The van der Waals surface area contributed by atoms with E-state index in [9.17, 15) is 0 Å². The maximum absolute atomic E-state index is 5.55. The molecule has 0 radical (unpaired) electrons. The van der Waals surface area contributed by atoms with Gasteiger partial charge in [-0.3, -0.25) is 0 Å². The molecule has 0 fully saturated rings. The number of benzene rings is 1. The van der Waals surface area contributed by atoms with E-state index in [2.05, 4.69) is 22.8 Å². The Morgan fingerprint density at radius 3 is 3.00 bits per heavy atom. The first-order valence-corrected chi connectivity index (χ1v) is 4.99. The summed E-state index contributed by atoms with van der Waals surface area (Å²) in [6.45, 7) is 0.588. The van der Waals surface area contributed by atoms with Crippen LogP contribution < -0.4 is 9.30 Å². The normalized spacial score (nSPS) is 18.9. The Hall–Kier alpha value is -1.61. The molecule has 0 N–H and O–H groups in total. The molecule has 0 aliphatic carbocycles. The average Bonchev–Trinajstić information content (AvgIpc) is 2.72. The van der Waals surface area contributed by atoms with Crippen LogP contribution >= 0.6 is 0 Å². The number of para-hydroxylation sites is 1. The van der Waals surface area contributed by atoms with Crippen LogP contribution in [0.15, 0.2) is 36.4 Å². The van der Waals surface area contributed by atoms with E-state index in [1.165, 1.54) is 5.39 Å². The lowest BCUT2D eigenvalue weighted by molar-refractivity contribution is -0.719. The van der Waals surface area contributed by atoms with Crippen LogP contribution in [0.1, 0.15) is 6.23 Å². The summed E-state index contributed by atoms with van der Waals surface area (Å²) in [6, 6.07) is 12.3. The smallest absolute Gasteiger partial charge is 0.371 e. The summed E-state index contributed by atoms with van der Waals surface area (Å²) in [5.41, 5.74) is 1.15. The summed E-state index contributed by atoms with van der Waals surface area (Å²) >= 11 is 0. The van der Waals surface area contributed by atoms with Crippen molar-refractivity contribution in [2.24, 2.45) is 0 Å². The number of nitrogens with zero attached hydrogens (tertiary/aromatic N) is 1. The predicted octanol–water partition coefficient (Wildman–Crippen LogP) is 1.66. The van der Waals surface area contributed by atoms with E-state index < -0.39 is 0 Å². The SMILES string of the molecule is COC1COc2ccc3ccccc3[n+]21. The molecule has 3 heteroatoms. The fourth-order valence-corrected chi connectivity index (χ4v) is 2.03. The zero-order valence-electron chi connectivity index (χ0n) is 8.51. The van der Waals surface area contributed by atoms with Crippen LogP contribution in [-0.4, -0.2) is 13.7 Å². The van der Waals surface area contributed by atoms with E-state index in [0.717, 1.165) is 11.4 Å². The monoisotopic (exact) mass is 202 g/mol. The zero-order chi connectivity index (χ0) is 10.3. The molecule has 2 heterocycles. The summed E-state index contributed by atoms with van der Waals surface area (Å²) in [4.78, 5) is 0. The molecule has 0 spiro atoms. The van der Waals surface area contributed by atoms with Crippen molar-refractivity contribution in [2.45, 2.75) is 6.23 Å². The first-order valence-electron chi connectivity index (χ1n) is 4.99. The van der Waals surface area contributed by atoms with Gasteiger partial charge in [-0.05, 0) is 12.1 Å². The number of rotatable bonds is 1. The van der Waals surface area contributed by atoms with E-state index in [0.29, 0.717) is 6.61 Å². The molecule has 2 aromatic rings. The lowest BCUT2D eigenvalue weighted by atomic mass is 10.2. The van der Waals surface area contributed by atoms with E-state index in [4.69, 9.17) is 9.47 Å². The van der Waals surface area contributed by atoms with Crippen molar-refractivity contribution in [2.75, 3.05) is 13.7 Å². The lowest BCUT2D eigenvalue weighted by Gasteiger charge is -2.02. The van der Waals surface area contributed by atoms with Crippen molar-refractivity contribution in [1.29, 1.82) is 0 Å². The van der Waals surface area contributed by atoms with Crippen LogP contribution in [0.5, 0.6) is 5.88 Å². The minimum atomic E-state index is -0.00824. The first-order chi connectivity index (χ1) is 7.40. The summed E-state index contributed by atoms with van der Waals surface area (Å²) in [5, 5.41) is 1.20. The lowest BCUT2D eigenvalue weighted by Crippen LogP contribution is -2.38. The third-order valence-corrected chi connectivity index (χ3v) is 2.77. The van der Waals surface area contributed by atoms with Crippen LogP contribution in [-0.2, 0) is 4.74 Å². The van der Waals surface area contributed by atoms with Crippen molar-refractivity contribution in [1.82, 2.24) is 0 Å². The summed E-state index contributed by atoms with van der Waals surface area (Å²) in [7, 11) is 1.71. The number of ether oxygens (including phenoxy) is 2. The van der Waals surface area contributed by atoms with Crippen molar-refractivity contribution >= 4 is 10.9 Å². The van der Waals surface area contributed by atoms with Gasteiger partial charge in [-0.15, -0.1) is 4.57 Å². The van der Waals surface area contributed by atoms with Gasteiger partial charge in [0.2, 0.25) is 5.52 Å². The van der Waals surface area contributed by atoms with E-state index >= 15 is 0 Å². The Labute approximate surface area is 87.9 Å². The van der Waals surface area contributed by atoms with Gasteiger partial charge in [0.1, 0.15) is 0 Å². The Morgan fingerprint density at radius 1 is 1.27 bits per heavy atom. The van der Waals surface area contributed by atoms with Crippen LogP contribution in [0.3, 0.4) is 0 Å². The number of hydrogen-bond acceptors (Lipinski definition) is 2. The van der Waals surface area contributed by atoms with E-state index in [1.807, 2.05) is 18.2 Å². The summed E-state index contributed by atoms with van der Waals surface area (Å²) < 4.78 is 13.0. The third kappa shape index (κ3) is 1.20. The maximum atomic E-state index is 5.55. The number of hydrogen-bond donors (Lipinski definition) is 0. The van der Waals surface area contributed by atoms with Crippen molar-refractivity contribution in [3.8, 4) is 5.88 Å². The molecule has 15 heavy (non-hydrogen) atoms. The largest absolute Gasteiger partial charge is 0.434 e. The molecule has 1 aromatic carbocycles. The Morgan fingerprint density at radius 2 is 2.13 bits per heavy atom. The minimum Gasteiger partial charge on any atom is -0.434 e. The third-order valence-electron chi connectivity index (χ3n) is 2.77. The van der Waals surface area contributed by atoms with Gasteiger partial charge in [0, 0.05) is 18.6 Å². The second-order valence-electron chi connectivity index (χ2n) is 3.60. The Bertz CT molecular complexity index is 510. The predicted molar refractivity (Wildman–Crippen MR) is 55.7 cm³/mol. The fourth-order valence-electron chi connectivity index (χ4n) is 2.03. The fraction of sp³-hybridized carbons (Fsp3) is 0.250. The molecule has 1 aliphatic heterocycles. The van der Waals surface area contributed by atoms with Crippen LogP contribution in [0.25, 0.3) is 10.9 Å². The van der Waals surface area contributed by atoms with Crippen LogP contribution in [0.2, 0.25) is 0 Å². The molecular formula is C12H12NO2+. The molecule has 1 aliphatic rings. The molecule has 1 unspecified atom stereocenters. The standard InChI is InChI=1S/C12H12NO2/c1-14-12-8-15-11-7-6-9-4-2-3-5-10(9)13(11)12/h2-7,12H,8H2,1H3/q+1. The van der Waals surface area contributed by atoms with Crippen LogP contribution in [0, 0.1) is 0 Å². The Balaban J connectivity index is 2.32. The topological polar surface area (TPSA) is 22.3 Å². The second-order valence-corrected chi connectivity index (χ2v) is 3.60. The highest BCUT2D eigenvalue weighted by molar-refractivity contribution is 5.75. The number of methoxy groups -OCH3 is 1. The average molecular weight is 202 g/mol. The molecule has 3 rings (SSSR count). The molecular weight excluding hydrogens is 190 g/mol.